The fraction of sp³-hybridized carbons (Fsp3) is 0.120. The van der Waals surface area contributed by atoms with Crippen LogP contribution in [-0.2, 0) is 6.54 Å². The molecule has 3 aromatic carbocycles. The van der Waals surface area contributed by atoms with E-state index in [1.54, 1.807) is 37.6 Å². The molecule has 0 unspecified atom stereocenters. The standard InChI is InChI=1S/C25H22N4O2/c1-29(2)25(31)18-7-3-6-17(14-18)20-8-4-10-22-21(20)9-5-11-23(22)24(30)28-16-19-15-26-12-13-27-19/h3-15H,16H2,1-2H3,(H,28,30). The SMILES string of the molecule is CN(C)C(=O)c1cccc(-c2cccc3c(C(=O)NCc4cnccn4)cccc23)c1. The van der Waals surface area contributed by atoms with Crippen molar-refractivity contribution in [2.75, 3.05) is 14.1 Å². The number of nitrogens with zero attached hydrogens (tertiary/aromatic N) is 3. The van der Waals surface area contributed by atoms with Gasteiger partial charge in [0.1, 0.15) is 0 Å². The maximum Gasteiger partial charge on any atom is 0.253 e. The number of carbonyl (C=O) groups excluding carboxylic acids is 2. The summed E-state index contributed by atoms with van der Waals surface area (Å²) < 4.78 is 0. The summed E-state index contributed by atoms with van der Waals surface area (Å²) in [5, 5.41) is 4.71. The second kappa shape index (κ2) is 8.75. The number of aromatic nitrogens is 2. The highest BCUT2D eigenvalue weighted by Gasteiger charge is 2.14. The van der Waals surface area contributed by atoms with Crippen molar-refractivity contribution >= 4 is 22.6 Å². The molecule has 0 fully saturated rings. The van der Waals surface area contributed by atoms with E-state index in [-0.39, 0.29) is 11.8 Å². The summed E-state index contributed by atoms with van der Waals surface area (Å²) in [6, 6.07) is 19.1. The molecule has 0 saturated heterocycles. The Morgan fingerprint density at radius 1 is 0.935 bits per heavy atom. The lowest BCUT2D eigenvalue weighted by atomic mass is 9.94. The number of nitrogens with one attached hydrogen (secondary N) is 1. The van der Waals surface area contributed by atoms with Crippen molar-refractivity contribution in [2.24, 2.45) is 0 Å². The van der Waals surface area contributed by atoms with Crippen LogP contribution in [-0.4, -0.2) is 40.8 Å². The predicted molar refractivity (Wildman–Crippen MR) is 121 cm³/mol. The van der Waals surface area contributed by atoms with Crippen molar-refractivity contribution in [3.8, 4) is 11.1 Å². The van der Waals surface area contributed by atoms with E-state index in [1.165, 1.54) is 0 Å². The number of hydrogen-bond donors (Lipinski definition) is 1. The van der Waals surface area contributed by atoms with Gasteiger partial charge in [0.15, 0.2) is 0 Å². The molecule has 2 amide bonds. The number of rotatable bonds is 5. The van der Waals surface area contributed by atoms with E-state index in [2.05, 4.69) is 15.3 Å². The molecule has 6 nitrogen and oxygen atoms in total. The van der Waals surface area contributed by atoms with E-state index < -0.39 is 0 Å². The van der Waals surface area contributed by atoms with Gasteiger partial charge in [0.05, 0.1) is 18.4 Å². The number of carbonyl (C=O) groups is 2. The molecule has 0 aliphatic carbocycles. The third kappa shape index (κ3) is 4.28. The smallest absolute Gasteiger partial charge is 0.253 e. The average molecular weight is 410 g/mol. The van der Waals surface area contributed by atoms with Gasteiger partial charge in [-0.15, -0.1) is 0 Å². The lowest BCUT2D eigenvalue weighted by Gasteiger charge is -2.13. The molecule has 1 aromatic heterocycles. The van der Waals surface area contributed by atoms with Gasteiger partial charge in [-0.25, -0.2) is 0 Å². The van der Waals surface area contributed by atoms with E-state index in [1.807, 2.05) is 60.7 Å². The summed E-state index contributed by atoms with van der Waals surface area (Å²) in [6.07, 6.45) is 4.82. The zero-order valence-electron chi connectivity index (χ0n) is 17.4. The molecule has 6 heteroatoms. The Labute approximate surface area is 180 Å². The quantitative estimate of drug-likeness (QED) is 0.541. The number of benzene rings is 3. The average Bonchev–Trinajstić information content (AvgIpc) is 2.82. The van der Waals surface area contributed by atoms with Gasteiger partial charge in [-0.2, -0.15) is 0 Å². The van der Waals surface area contributed by atoms with Crippen molar-refractivity contribution in [2.45, 2.75) is 6.54 Å². The van der Waals surface area contributed by atoms with Crippen molar-refractivity contribution < 1.29 is 9.59 Å². The Kier molecular flexibility index (Phi) is 5.71. The largest absolute Gasteiger partial charge is 0.346 e. The molecule has 4 rings (SSSR count). The number of hydrogen-bond acceptors (Lipinski definition) is 4. The Morgan fingerprint density at radius 2 is 1.71 bits per heavy atom. The van der Waals surface area contributed by atoms with Gasteiger partial charge in [0.2, 0.25) is 0 Å². The number of amides is 2. The van der Waals surface area contributed by atoms with Crippen LogP contribution in [0.4, 0.5) is 0 Å². The van der Waals surface area contributed by atoms with Gasteiger partial charge in [-0.1, -0.05) is 42.5 Å². The van der Waals surface area contributed by atoms with Crippen molar-refractivity contribution in [1.29, 1.82) is 0 Å². The normalized spacial score (nSPS) is 10.6. The van der Waals surface area contributed by atoms with Crippen molar-refractivity contribution in [1.82, 2.24) is 20.2 Å². The zero-order chi connectivity index (χ0) is 21.8. The first kappa shape index (κ1) is 20.2. The minimum absolute atomic E-state index is 0.0498. The van der Waals surface area contributed by atoms with E-state index in [0.717, 1.165) is 21.9 Å². The van der Waals surface area contributed by atoms with Crippen LogP contribution in [0.15, 0.2) is 79.3 Å². The molecule has 0 spiro atoms. The predicted octanol–water partition coefficient (Wildman–Crippen LogP) is 3.93. The molecule has 1 heterocycles. The minimum atomic E-state index is -0.176. The van der Waals surface area contributed by atoms with Crippen LogP contribution < -0.4 is 5.32 Å². The summed E-state index contributed by atoms with van der Waals surface area (Å²) in [6.45, 7) is 0.303. The Bertz CT molecular complexity index is 1250. The van der Waals surface area contributed by atoms with E-state index in [0.29, 0.717) is 23.4 Å². The maximum absolute atomic E-state index is 12.9. The highest BCUT2D eigenvalue weighted by Crippen LogP contribution is 2.31. The van der Waals surface area contributed by atoms with Gasteiger partial charge in [-0.3, -0.25) is 19.6 Å². The summed E-state index contributed by atoms with van der Waals surface area (Å²) in [4.78, 5) is 35.0. The topological polar surface area (TPSA) is 75.2 Å². The van der Waals surface area contributed by atoms with E-state index in [9.17, 15) is 9.59 Å². The van der Waals surface area contributed by atoms with Crippen LogP contribution in [0.2, 0.25) is 0 Å². The van der Waals surface area contributed by atoms with Crippen molar-refractivity contribution in [3.05, 3.63) is 96.1 Å². The fourth-order valence-corrected chi connectivity index (χ4v) is 3.52. The van der Waals surface area contributed by atoms with Crippen LogP contribution >= 0.6 is 0 Å². The second-order valence-electron chi connectivity index (χ2n) is 7.37. The van der Waals surface area contributed by atoms with Gasteiger partial charge in [0, 0.05) is 37.6 Å². The first-order chi connectivity index (χ1) is 15.0. The first-order valence-electron chi connectivity index (χ1n) is 9.91. The Balaban J connectivity index is 1.70. The highest BCUT2D eigenvalue weighted by molar-refractivity contribution is 6.10. The summed E-state index contributed by atoms with van der Waals surface area (Å²) in [7, 11) is 3.47. The van der Waals surface area contributed by atoms with Crippen LogP contribution in [0.1, 0.15) is 26.4 Å². The molecule has 4 aromatic rings. The Morgan fingerprint density at radius 3 is 2.48 bits per heavy atom. The van der Waals surface area contributed by atoms with Gasteiger partial charge < -0.3 is 10.2 Å². The summed E-state index contributed by atoms with van der Waals surface area (Å²) in [5.74, 6) is -0.226. The van der Waals surface area contributed by atoms with Gasteiger partial charge in [-0.05, 0) is 40.1 Å². The molecular weight excluding hydrogens is 388 g/mol. The van der Waals surface area contributed by atoms with Crippen LogP contribution in [0.5, 0.6) is 0 Å². The van der Waals surface area contributed by atoms with Crippen LogP contribution in [0.3, 0.4) is 0 Å². The molecule has 0 atom stereocenters. The monoisotopic (exact) mass is 410 g/mol. The Hall–Kier alpha value is -4.06. The third-order valence-corrected chi connectivity index (χ3v) is 5.04. The second-order valence-corrected chi connectivity index (χ2v) is 7.37. The fourth-order valence-electron chi connectivity index (χ4n) is 3.52. The summed E-state index contributed by atoms with van der Waals surface area (Å²) in [5.41, 5.74) is 3.80. The van der Waals surface area contributed by atoms with Gasteiger partial charge >= 0.3 is 0 Å². The first-order valence-corrected chi connectivity index (χ1v) is 9.91. The lowest BCUT2D eigenvalue weighted by Crippen LogP contribution is -2.23. The highest BCUT2D eigenvalue weighted by atomic mass is 16.2. The lowest BCUT2D eigenvalue weighted by molar-refractivity contribution is 0.0827. The molecule has 154 valence electrons. The van der Waals surface area contributed by atoms with Crippen LogP contribution in [0, 0.1) is 0 Å². The number of fused-ring (bicyclic) bond motifs is 1. The van der Waals surface area contributed by atoms with Crippen LogP contribution in [0.25, 0.3) is 21.9 Å². The third-order valence-electron chi connectivity index (χ3n) is 5.04. The molecule has 0 radical (unpaired) electrons. The minimum Gasteiger partial charge on any atom is -0.346 e. The molecule has 0 aliphatic rings. The molecule has 0 aliphatic heterocycles. The van der Waals surface area contributed by atoms with Gasteiger partial charge in [0.25, 0.3) is 11.8 Å². The van der Waals surface area contributed by atoms with Crippen molar-refractivity contribution in [3.63, 3.8) is 0 Å². The molecule has 0 saturated carbocycles. The van der Waals surface area contributed by atoms with E-state index >= 15 is 0 Å². The molecule has 31 heavy (non-hydrogen) atoms. The summed E-state index contributed by atoms with van der Waals surface area (Å²) >= 11 is 0. The molecule has 1 N–H and O–H groups in total. The van der Waals surface area contributed by atoms with E-state index in [4.69, 9.17) is 0 Å². The zero-order valence-corrected chi connectivity index (χ0v) is 17.4. The molecule has 0 bridgehead atoms. The molecular formula is C25H22N4O2. The maximum atomic E-state index is 12.9.